The number of fused-ring (bicyclic) bond motifs is 1. The van der Waals surface area contributed by atoms with Gasteiger partial charge in [-0.05, 0) is 12.1 Å². The molecule has 0 saturated carbocycles. The minimum atomic E-state index is -0.252. The van der Waals surface area contributed by atoms with E-state index in [-0.39, 0.29) is 5.82 Å². The molecule has 0 amide bonds. The number of H-pyrrole nitrogens is 1. The number of nitrogens with one attached hydrogen (secondary N) is 1. The highest BCUT2D eigenvalue weighted by Crippen LogP contribution is 2.27. The normalized spacial score (nSPS) is 10.8. The molecule has 0 aliphatic heterocycles. The molecule has 0 aliphatic rings. The Bertz CT molecular complexity index is 631. The molecule has 2 heterocycles. The number of aromatic nitrogens is 3. The topological polar surface area (TPSA) is 41.6 Å². The summed E-state index contributed by atoms with van der Waals surface area (Å²) in [7, 11) is 0. The third-order valence-corrected chi connectivity index (χ3v) is 2.52. The molecule has 3 rings (SSSR count). The zero-order valence-corrected chi connectivity index (χ0v) is 8.31. The number of halogens is 1. The first-order chi connectivity index (χ1) is 7.86. The van der Waals surface area contributed by atoms with E-state index < -0.39 is 0 Å². The van der Waals surface area contributed by atoms with E-state index in [0.717, 1.165) is 16.6 Å². The van der Waals surface area contributed by atoms with Crippen LogP contribution in [0.25, 0.3) is 22.2 Å². The number of hydrogen-bond donors (Lipinski definition) is 1. The average molecular weight is 213 g/mol. The summed E-state index contributed by atoms with van der Waals surface area (Å²) in [5, 5.41) is 0.832. The van der Waals surface area contributed by atoms with Crippen LogP contribution in [0.1, 0.15) is 0 Å². The Labute approximate surface area is 91.0 Å². The van der Waals surface area contributed by atoms with Crippen molar-refractivity contribution in [2.24, 2.45) is 0 Å². The quantitative estimate of drug-likeness (QED) is 0.675. The highest BCUT2D eigenvalue weighted by molar-refractivity contribution is 5.94. The molecule has 0 fully saturated rings. The minimum Gasteiger partial charge on any atom is -0.358 e. The maximum absolute atomic E-state index is 13.5. The van der Waals surface area contributed by atoms with Crippen LogP contribution in [0.5, 0.6) is 0 Å². The van der Waals surface area contributed by atoms with Gasteiger partial charge in [-0.3, -0.25) is 0 Å². The molecule has 3 aromatic rings. The molecule has 0 bridgehead atoms. The minimum absolute atomic E-state index is 0.252. The summed E-state index contributed by atoms with van der Waals surface area (Å²) in [6, 6.07) is 6.79. The Hall–Kier alpha value is -2.23. The molecule has 3 nitrogen and oxygen atoms in total. The summed E-state index contributed by atoms with van der Waals surface area (Å²) in [5.41, 5.74) is 2.18. The Kier molecular flexibility index (Phi) is 1.93. The smallest absolute Gasteiger partial charge is 0.147 e. The van der Waals surface area contributed by atoms with Crippen molar-refractivity contribution in [3.05, 3.63) is 48.8 Å². The zero-order chi connectivity index (χ0) is 11.0. The Balaban J connectivity index is 2.30. The highest BCUT2D eigenvalue weighted by Gasteiger charge is 2.09. The fraction of sp³-hybridized carbons (Fsp3) is 0. The fourth-order valence-electron chi connectivity index (χ4n) is 1.78. The molecule has 0 atom stereocenters. The van der Waals surface area contributed by atoms with Gasteiger partial charge in [0.2, 0.25) is 0 Å². The van der Waals surface area contributed by atoms with Crippen molar-refractivity contribution in [2.45, 2.75) is 0 Å². The van der Waals surface area contributed by atoms with E-state index in [2.05, 4.69) is 15.0 Å². The number of nitrogens with zero attached hydrogens (tertiary/aromatic N) is 2. The molecular formula is C12H8FN3. The summed E-state index contributed by atoms with van der Waals surface area (Å²) < 4.78 is 13.5. The van der Waals surface area contributed by atoms with Crippen molar-refractivity contribution in [1.29, 1.82) is 0 Å². The van der Waals surface area contributed by atoms with E-state index in [1.807, 2.05) is 6.07 Å². The van der Waals surface area contributed by atoms with Gasteiger partial charge in [-0.2, -0.15) is 0 Å². The van der Waals surface area contributed by atoms with Gasteiger partial charge in [0.1, 0.15) is 12.1 Å². The van der Waals surface area contributed by atoms with Gasteiger partial charge in [-0.25, -0.2) is 14.4 Å². The lowest BCUT2D eigenvalue weighted by atomic mass is 10.1. The summed E-state index contributed by atoms with van der Waals surface area (Å²) >= 11 is 0. The van der Waals surface area contributed by atoms with E-state index in [4.69, 9.17) is 0 Å². The standard InChI is InChI=1S/C12H8FN3/c13-10-3-1-2-8-9(6-15-12(8)10)11-4-5-14-7-16-11/h1-7,15H. The summed E-state index contributed by atoms with van der Waals surface area (Å²) in [6.45, 7) is 0. The lowest BCUT2D eigenvalue weighted by Crippen LogP contribution is -1.82. The SMILES string of the molecule is Fc1cccc2c(-c3ccncn3)c[nH]c12. The van der Waals surface area contributed by atoms with Gasteiger partial charge in [-0.15, -0.1) is 0 Å². The first-order valence-electron chi connectivity index (χ1n) is 4.88. The zero-order valence-electron chi connectivity index (χ0n) is 8.31. The molecular weight excluding hydrogens is 205 g/mol. The number of rotatable bonds is 1. The molecule has 16 heavy (non-hydrogen) atoms. The fourth-order valence-corrected chi connectivity index (χ4v) is 1.78. The lowest BCUT2D eigenvalue weighted by Gasteiger charge is -1.97. The monoisotopic (exact) mass is 213 g/mol. The second-order valence-electron chi connectivity index (χ2n) is 3.46. The molecule has 2 aromatic heterocycles. The van der Waals surface area contributed by atoms with Crippen molar-refractivity contribution in [3.8, 4) is 11.3 Å². The third-order valence-electron chi connectivity index (χ3n) is 2.52. The van der Waals surface area contributed by atoms with Gasteiger partial charge in [-0.1, -0.05) is 12.1 Å². The first-order valence-corrected chi connectivity index (χ1v) is 4.88. The lowest BCUT2D eigenvalue weighted by molar-refractivity contribution is 0.637. The van der Waals surface area contributed by atoms with Gasteiger partial charge in [0.05, 0.1) is 11.2 Å². The van der Waals surface area contributed by atoms with Crippen molar-refractivity contribution in [2.75, 3.05) is 0 Å². The molecule has 1 N–H and O–H groups in total. The van der Waals surface area contributed by atoms with Gasteiger partial charge in [0.15, 0.2) is 0 Å². The summed E-state index contributed by atoms with van der Waals surface area (Å²) in [4.78, 5) is 10.9. The second-order valence-corrected chi connectivity index (χ2v) is 3.46. The van der Waals surface area contributed by atoms with Gasteiger partial charge in [0.25, 0.3) is 0 Å². The second kappa shape index (κ2) is 3.41. The highest BCUT2D eigenvalue weighted by atomic mass is 19.1. The predicted molar refractivity (Wildman–Crippen MR) is 59.3 cm³/mol. The third kappa shape index (κ3) is 1.27. The van der Waals surface area contributed by atoms with Crippen LogP contribution >= 0.6 is 0 Å². The van der Waals surface area contributed by atoms with Crippen LogP contribution in [0.15, 0.2) is 43.0 Å². The van der Waals surface area contributed by atoms with Crippen LogP contribution in [-0.4, -0.2) is 15.0 Å². The van der Waals surface area contributed by atoms with Crippen LogP contribution in [0.3, 0.4) is 0 Å². The van der Waals surface area contributed by atoms with Gasteiger partial charge < -0.3 is 4.98 Å². The van der Waals surface area contributed by atoms with E-state index >= 15 is 0 Å². The molecule has 0 unspecified atom stereocenters. The molecule has 0 radical (unpaired) electrons. The Morgan fingerprint density at radius 3 is 2.94 bits per heavy atom. The van der Waals surface area contributed by atoms with Gasteiger partial charge in [0, 0.05) is 23.3 Å². The average Bonchev–Trinajstić information content (AvgIpc) is 2.75. The molecule has 1 aromatic carbocycles. The van der Waals surface area contributed by atoms with Crippen molar-refractivity contribution < 1.29 is 4.39 Å². The van der Waals surface area contributed by atoms with E-state index in [0.29, 0.717) is 5.52 Å². The number of benzene rings is 1. The van der Waals surface area contributed by atoms with Crippen molar-refractivity contribution in [1.82, 2.24) is 15.0 Å². The first kappa shape index (κ1) is 9.03. The summed E-state index contributed by atoms with van der Waals surface area (Å²) in [5.74, 6) is -0.252. The maximum Gasteiger partial charge on any atom is 0.147 e. The van der Waals surface area contributed by atoms with Crippen LogP contribution in [0.4, 0.5) is 4.39 Å². The van der Waals surface area contributed by atoms with E-state index in [9.17, 15) is 4.39 Å². The molecule has 0 aliphatic carbocycles. The number of aromatic amines is 1. The Morgan fingerprint density at radius 2 is 2.12 bits per heavy atom. The van der Waals surface area contributed by atoms with Crippen LogP contribution in [-0.2, 0) is 0 Å². The van der Waals surface area contributed by atoms with Crippen molar-refractivity contribution >= 4 is 10.9 Å². The number of hydrogen-bond acceptors (Lipinski definition) is 2. The largest absolute Gasteiger partial charge is 0.358 e. The molecule has 0 spiro atoms. The van der Waals surface area contributed by atoms with Crippen LogP contribution in [0.2, 0.25) is 0 Å². The predicted octanol–water partition coefficient (Wildman–Crippen LogP) is 2.76. The van der Waals surface area contributed by atoms with Crippen LogP contribution in [0, 0.1) is 5.82 Å². The van der Waals surface area contributed by atoms with Crippen molar-refractivity contribution in [3.63, 3.8) is 0 Å². The van der Waals surface area contributed by atoms with E-state index in [1.165, 1.54) is 12.4 Å². The van der Waals surface area contributed by atoms with Crippen LogP contribution < -0.4 is 0 Å². The van der Waals surface area contributed by atoms with E-state index in [1.54, 1.807) is 24.5 Å². The molecule has 78 valence electrons. The van der Waals surface area contributed by atoms with Gasteiger partial charge >= 0.3 is 0 Å². The maximum atomic E-state index is 13.5. The number of para-hydroxylation sites is 1. The molecule has 4 heteroatoms. The molecule has 0 saturated heterocycles. The summed E-state index contributed by atoms with van der Waals surface area (Å²) in [6.07, 6.45) is 4.91. The Morgan fingerprint density at radius 1 is 1.19 bits per heavy atom.